The van der Waals surface area contributed by atoms with Gasteiger partial charge in [-0.3, -0.25) is 4.98 Å². The molecular weight excluding hydrogens is 290 g/mol. The van der Waals surface area contributed by atoms with Gasteiger partial charge in [0.15, 0.2) is 0 Å². The number of rotatable bonds is 6. The first kappa shape index (κ1) is 15.3. The van der Waals surface area contributed by atoms with Crippen LogP contribution in [0.3, 0.4) is 0 Å². The van der Waals surface area contributed by atoms with Crippen LogP contribution in [0, 0.1) is 0 Å². The number of hydrogen-bond acceptors (Lipinski definition) is 5. The first-order valence-corrected chi connectivity index (χ1v) is 7.83. The molecule has 0 spiro atoms. The monoisotopic (exact) mass is 307 g/mol. The Bertz CT molecular complexity index is 700. The smallest absolute Gasteiger partial charge is 0.242 e. The van der Waals surface area contributed by atoms with Gasteiger partial charge in [-0.05, 0) is 30.2 Å². The number of nitrogens with two attached hydrogens (primary N) is 1. The minimum Gasteiger partial charge on any atom is -0.497 e. The molecule has 0 saturated carbocycles. The number of aromatic nitrogens is 1. The van der Waals surface area contributed by atoms with Crippen LogP contribution in [-0.2, 0) is 16.4 Å². The van der Waals surface area contributed by atoms with Crippen molar-refractivity contribution in [3.05, 3.63) is 48.3 Å². The molecule has 21 heavy (non-hydrogen) atoms. The molecule has 0 bridgehead atoms. The van der Waals surface area contributed by atoms with Crippen LogP contribution < -0.4 is 15.2 Å². The van der Waals surface area contributed by atoms with E-state index in [0.717, 1.165) is 11.3 Å². The SMILES string of the molecule is COc1ccc(CCNS(=O)(=O)c2cncc(N)c2)cc1. The Morgan fingerprint density at radius 1 is 1.24 bits per heavy atom. The summed E-state index contributed by atoms with van der Waals surface area (Å²) in [6.45, 7) is 0.295. The first-order valence-electron chi connectivity index (χ1n) is 6.34. The highest BCUT2D eigenvalue weighted by atomic mass is 32.2. The van der Waals surface area contributed by atoms with Crippen molar-refractivity contribution in [1.29, 1.82) is 0 Å². The third kappa shape index (κ3) is 4.17. The summed E-state index contributed by atoms with van der Waals surface area (Å²) in [5.74, 6) is 0.769. The molecule has 0 radical (unpaired) electrons. The highest BCUT2D eigenvalue weighted by Gasteiger charge is 2.13. The van der Waals surface area contributed by atoms with Crippen molar-refractivity contribution in [2.45, 2.75) is 11.3 Å². The van der Waals surface area contributed by atoms with E-state index < -0.39 is 10.0 Å². The number of nitrogens with one attached hydrogen (secondary N) is 1. The van der Waals surface area contributed by atoms with Gasteiger partial charge in [0, 0.05) is 18.9 Å². The maximum absolute atomic E-state index is 12.0. The van der Waals surface area contributed by atoms with E-state index in [4.69, 9.17) is 10.5 Å². The summed E-state index contributed by atoms with van der Waals surface area (Å²) in [6, 6.07) is 8.85. The van der Waals surface area contributed by atoms with Gasteiger partial charge in [-0.25, -0.2) is 13.1 Å². The lowest BCUT2D eigenvalue weighted by atomic mass is 10.1. The lowest BCUT2D eigenvalue weighted by Crippen LogP contribution is -2.26. The molecule has 0 saturated heterocycles. The largest absolute Gasteiger partial charge is 0.497 e. The summed E-state index contributed by atoms with van der Waals surface area (Å²) in [4.78, 5) is 3.84. The quantitative estimate of drug-likeness (QED) is 0.836. The highest BCUT2D eigenvalue weighted by molar-refractivity contribution is 7.89. The van der Waals surface area contributed by atoms with Crippen LogP contribution in [0.25, 0.3) is 0 Å². The third-order valence-electron chi connectivity index (χ3n) is 2.91. The molecule has 0 amide bonds. The number of sulfonamides is 1. The number of nitrogen functional groups attached to an aromatic ring is 1. The fourth-order valence-corrected chi connectivity index (χ4v) is 2.82. The molecule has 2 aromatic rings. The molecular formula is C14H17N3O3S. The summed E-state index contributed by atoms with van der Waals surface area (Å²) >= 11 is 0. The van der Waals surface area contributed by atoms with Gasteiger partial charge >= 0.3 is 0 Å². The third-order valence-corrected chi connectivity index (χ3v) is 4.34. The van der Waals surface area contributed by atoms with Gasteiger partial charge in [-0.1, -0.05) is 12.1 Å². The maximum Gasteiger partial charge on any atom is 0.242 e. The lowest BCUT2D eigenvalue weighted by molar-refractivity contribution is 0.414. The number of methoxy groups -OCH3 is 1. The molecule has 7 heteroatoms. The Morgan fingerprint density at radius 3 is 2.57 bits per heavy atom. The zero-order chi connectivity index (χ0) is 15.3. The molecule has 1 heterocycles. The van der Waals surface area contributed by atoms with E-state index >= 15 is 0 Å². The van der Waals surface area contributed by atoms with E-state index in [-0.39, 0.29) is 4.90 Å². The summed E-state index contributed by atoms with van der Waals surface area (Å²) in [7, 11) is -1.98. The Kier molecular flexibility index (Phi) is 4.77. The number of hydrogen-bond donors (Lipinski definition) is 2. The van der Waals surface area contributed by atoms with Crippen molar-refractivity contribution >= 4 is 15.7 Å². The van der Waals surface area contributed by atoms with E-state index in [1.54, 1.807) is 7.11 Å². The van der Waals surface area contributed by atoms with Gasteiger partial charge in [0.05, 0.1) is 12.8 Å². The van der Waals surface area contributed by atoms with Crippen LogP contribution in [0.2, 0.25) is 0 Å². The number of anilines is 1. The van der Waals surface area contributed by atoms with Gasteiger partial charge in [0.25, 0.3) is 0 Å². The zero-order valence-electron chi connectivity index (χ0n) is 11.6. The molecule has 0 aliphatic rings. The molecule has 0 aliphatic carbocycles. The highest BCUT2D eigenvalue weighted by Crippen LogP contribution is 2.13. The second-order valence-corrected chi connectivity index (χ2v) is 6.22. The van der Waals surface area contributed by atoms with Gasteiger partial charge in [-0.2, -0.15) is 0 Å². The fraction of sp³-hybridized carbons (Fsp3) is 0.214. The average molecular weight is 307 g/mol. The van der Waals surface area contributed by atoms with Crippen LogP contribution in [0.1, 0.15) is 5.56 Å². The van der Waals surface area contributed by atoms with Crippen LogP contribution in [0.4, 0.5) is 5.69 Å². The molecule has 3 N–H and O–H groups in total. The maximum atomic E-state index is 12.0. The second-order valence-electron chi connectivity index (χ2n) is 4.45. The molecule has 112 valence electrons. The molecule has 0 atom stereocenters. The molecule has 0 fully saturated rings. The minimum atomic E-state index is -3.58. The van der Waals surface area contributed by atoms with Crippen molar-refractivity contribution in [3.8, 4) is 5.75 Å². The van der Waals surface area contributed by atoms with E-state index in [1.165, 1.54) is 18.5 Å². The molecule has 6 nitrogen and oxygen atoms in total. The molecule has 0 aliphatic heterocycles. The first-order chi connectivity index (χ1) is 10.0. The summed E-state index contributed by atoms with van der Waals surface area (Å²) in [5, 5.41) is 0. The number of pyridine rings is 1. The van der Waals surface area contributed by atoms with Crippen LogP contribution in [0.5, 0.6) is 5.75 Å². The van der Waals surface area contributed by atoms with Crippen molar-refractivity contribution in [3.63, 3.8) is 0 Å². The van der Waals surface area contributed by atoms with Crippen molar-refractivity contribution in [1.82, 2.24) is 9.71 Å². The number of ether oxygens (including phenoxy) is 1. The second kappa shape index (κ2) is 6.55. The van der Waals surface area contributed by atoms with Crippen LogP contribution in [0.15, 0.2) is 47.6 Å². The minimum absolute atomic E-state index is 0.0669. The molecule has 2 rings (SSSR count). The predicted octanol–water partition coefficient (Wildman–Crippen LogP) is 1.19. The Morgan fingerprint density at radius 2 is 1.95 bits per heavy atom. The normalized spacial score (nSPS) is 11.3. The predicted molar refractivity (Wildman–Crippen MR) is 80.5 cm³/mol. The standard InChI is InChI=1S/C14H17N3O3S/c1-20-13-4-2-11(3-5-13)6-7-17-21(18,19)14-8-12(15)9-16-10-14/h2-5,8-10,17H,6-7,15H2,1H3. The van der Waals surface area contributed by atoms with Crippen molar-refractivity contribution < 1.29 is 13.2 Å². The van der Waals surface area contributed by atoms with Crippen LogP contribution in [-0.4, -0.2) is 27.1 Å². The molecule has 1 aromatic carbocycles. The van der Waals surface area contributed by atoms with E-state index in [2.05, 4.69) is 9.71 Å². The summed E-state index contributed by atoms with van der Waals surface area (Å²) in [5.41, 5.74) is 6.87. The zero-order valence-corrected chi connectivity index (χ0v) is 12.4. The van der Waals surface area contributed by atoms with E-state index in [9.17, 15) is 8.42 Å². The van der Waals surface area contributed by atoms with Crippen molar-refractivity contribution in [2.24, 2.45) is 0 Å². The van der Waals surface area contributed by atoms with Gasteiger partial charge in [-0.15, -0.1) is 0 Å². The average Bonchev–Trinajstić information content (AvgIpc) is 2.48. The van der Waals surface area contributed by atoms with Gasteiger partial charge in [0.2, 0.25) is 10.0 Å². The summed E-state index contributed by atoms with van der Waals surface area (Å²) in [6.07, 6.45) is 3.25. The number of nitrogens with zero attached hydrogens (tertiary/aromatic N) is 1. The van der Waals surface area contributed by atoms with E-state index in [1.807, 2.05) is 24.3 Å². The Hall–Kier alpha value is -2.12. The van der Waals surface area contributed by atoms with Crippen molar-refractivity contribution in [2.75, 3.05) is 19.4 Å². The lowest BCUT2D eigenvalue weighted by Gasteiger charge is -2.07. The van der Waals surface area contributed by atoms with Gasteiger partial charge < -0.3 is 10.5 Å². The molecule has 0 unspecified atom stereocenters. The number of benzene rings is 1. The van der Waals surface area contributed by atoms with Crippen LogP contribution >= 0.6 is 0 Å². The van der Waals surface area contributed by atoms with Gasteiger partial charge in [0.1, 0.15) is 10.6 Å². The summed E-state index contributed by atoms with van der Waals surface area (Å²) < 4.78 is 31.7. The fourth-order valence-electron chi connectivity index (χ4n) is 1.79. The molecule has 1 aromatic heterocycles. The topological polar surface area (TPSA) is 94.3 Å². The van der Waals surface area contributed by atoms with E-state index in [0.29, 0.717) is 18.7 Å². The Balaban J connectivity index is 1.95. The Labute approximate surface area is 124 Å².